The Morgan fingerprint density at radius 3 is 1.32 bits per heavy atom. The molecule has 0 spiro atoms. The molecule has 0 radical (unpaired) electrons. The molecule has 17 atom stereocenters. The van der Waals surface area contributed by atoms with E-state index in [9.17, 15) is 61.0 Å². The quantitative estimate of drug-likeness (QED) is 0.0285. The molecular weight excluding hydrogens is 999 g/mol. The number of unbranched alkanes of at least 4 members (excludes halogenated alkanes) is 23. The number of ether oxygens (including phenoxy) is 6. The number of aliphatic hydroxyl groups excluding tert-OH is 11. The Bertz CT molecular complexity index is 1550. The minimum Gasteiger partial charge on any atom is -0.394 e. The van der Waals surface area contributed by atoms with E-state index in [4.69, 9.17) is 28.4 Å². The highest BCUT2D eigenvalue weighted by Crippen LogP contribution is 2.33. The molecule has 3 aliphatic rings. The van der Waals surface area contributed by atoms with E-state index in [0.29, 0.717) is 12.8 Å². The minimum absolute atomic E-state index is 0.235. The minimum atomic E-state index is -1.98. The van der Waals surface area contributed by atoms with Crippen molar-refractivity contribution in [1.82, 2.24) is 5.32 Å². The average Bonchev–Trinajstić information content (AvgIpc) is 3.43. The summed E-state index contributed by atoms with van der Waals surface area (Å²) >= 11 is 0. The molecule has 77 heavy (non-hydrogen) atoms. The molecule has 19 heteroatoms. The standard InChI is InChI=1S/C58H105NO18/c1-3-5-7-9-11-13-14-15-16-17-18-19-20-21-22-23-24-25-26-28-30-32-34-36-46(64)59-41(42(63)35-33-31-29-27-12-10-8-6-4-2)40-72-56-52(70)49(67)54(44(38-61)74-56)77-58-53(71)50(68)55(45(39-62)75-58)76-57-51(69)48(66)47(65)43(37-60)73-57/h12,17-18,27,33,35,41-45,47-58,60-63,65-71H,3-11,13-16,19-26,28-32,34,36-40H2,1-2H3,(H,59,64)/b18-17-,27-12+,35-33+. The molecule has 12 N–H and O–H groups in total. The number of amides is 1. The highest BCUT2D eigenvalue weighted by atomic mass is 16.8. The lowest BCUT2D eigenvalue weighted by Gasteiger charge is -2.48. The van der Waals surface area contributed by atoms with Crippen LogP contribution in [0.4, 0.5) is 0 Å². The molecule has 0 aromatic heterocycles. The lowest BCUT2D eigenvalue weighted by molar-refractivity contribution is -0.379. The fraction of sp³-hybridized carbons (Fsp3) is 0.879. The van der Waals surface area contributed by atoms with Crippen LogP contribution < -0.4 is 5.32 Å². The van der Waals surface area contributed by atoms with E-state index in [1.165, 1.54) is 116 Å². The third kappa shape index (κ3) is 26.2. The Labute approximate surface area is 460 Å². The van der Waals surface area contributed by atoms with Gasteiger partial charge >= 0.3 is 0 Å². The first-order chi connectivity index (χ1) is 37.3. The van der Waals surface area contributed by atoms with Crippen LogP contribution in [0, 0.1) is 0 Å². The van der Waals surface area contributed by atoms with Crippen LogP contribution >= 0.6 is 0 Å². The number of aliphatic hydroxyl groups is 11. The highest BCUT2D eigenvalue weighted by Gasteiger charge is 2.53. The topological polar surface area (TPSA) is 307 Å². The summed E-state index contributed by atoms with van der Waals surface area (Å²) in [6.07, 6.45) is 17.3. The molecule has 0 saturated carbocycles. The Morgan fingerprint density at radius 2 is 0.831 bits per heavy atom. The molecule has 0 aliphatic carbocycles. The Morgan fingerprint density at radius 1 is 0.455 bits per heavy atom. The molecule has 19 nitrogen and oxygen atoms in total. The first-order valence-electron chi connectivity index (χ1n) is 29.7. The second kappa shape index (κ2) is 41.9. The average molecular weight is 1100 g/mol. The molecule has 0 aromatic rings. The van der Waals surface area contributed by atoms with Crippen molar-refractivity contribution in [2.75, 3.05) is 26.4 Å². The van der Waals surface area contributed by atoms with Gasteiger partial charge in [-0.3, -0.25) is 4.79 Å². The number of hydrogen-bond donors (Lipinski definition) is 12. The van der Waals surface area contributed by atoms with Crippen LogP contribution in [0.15, 0.2) is 36.5 Å². The molecule has 0 bridgehead atoms. The number of carbonyl (C=O) groups is 1. The second-order valence-electron chi connectivity index (χ2n) is 21.4. The van der Waals surface area contributed by atoms with Gasteiger partial charge in [0.2, 0.25) is 5.91 Å². The van der Waals surface area contributed by atoms with E-state index in [1.807, 2.05) is 6.08 Å². The summed E-state index contributed by atoms with van der Waals surface area (Å²) in [5, 5.41) is 120. The van der Waals surface area contributed by atoms with Gasteiger partial charge in [-0.1, -0.05) is 166 Å². The first kappa shape index (κ1) is 69.3. The number of nitrogens with one attached hydrogen (secondary N) is 1. The third-order valence-corrected chi connectivity index (χ3v) is 14.9. The van der Waals surface area contributed by atoms with Crippen molar-refractivity contribution in [3.8, 4) is 0 Å². The summed E-state index contributed by atoms with van der Waals surface area (Å²) in [5.41, 5.74) is 0. The van der Waals surface area contributed by atoms with Gasteiger partial charge in [0.25, 0.3) is 0 Å². The van der Waals surface area contributed by atoms with Gasteiger partial charge in [0.05, 0.1) is 38.6 Å². The third-order valence-electron chi connectivity index (χ3n) is 14.9. The zero-order chi connectivity index (χ0) is 56.2. The van der Waals surface area contributed by atoms with Gasteiger partial charge < -0.3 is 89.9 Å². The van der Waals surface area contributed by atoms with Crippen molar-refractivity contribution in [1.29, 1.82) is 0 Å². The van der Waals surface area contributed by atoms with Crippen LogP contribution in [0.5, 0.6) is 0 Å². The Hall–Kier alpha value is -1.99. The smallest absolute Gasteiger partial charge is 0.220 e. The van der Waals surface area contributed by atoms with E-state index in [-0.39, 0.29) is 18.9 Å². The van der Waals surface area contributed by atoms with E-state index in [2.05, 4.69) is 43.5 Å². The van der Waals surface area contributed by atoms with E-state index >= 15 is 0 Å². The normalized spacial score (nSPS) is 30.9. The van der Waals surface area contributed by atoms with Crippen LogP contribution in [0.1, 0.15) is 194 Å². The number of hydrogen-bond acceptors (Lipinski definition) is 18. The molecule has 450 valence electrons. The van der Waals surface area contributed by atoms with Gasteiger partial charge in [0.1, 0.15) is 73.2 Å². The maximum Gasteiger partial charge on any atom is 0.220 e. The molecular formula is C58H105NO18. The molecule has 3 saturated heterocycles. The summed E-state index contributed by atoms with van der Waals surface area (Å²) in [4.78, 5) is 13.3. The van der Waals surface area contributed by atoms with E-state index in [1.54, 1.807) is 6.08 Å². The predicted octanol–water partition coefficient (Wildman–Crippen LogP) is 4.93. The van der Waals surface area contributed by atoms with Gasteiger partial charge in [-0.2, -0.15) is 0 Å². The van der Waals surface area contributed by atoms with Gasteiger partial charge in [0.15, 0.2) is 18.9 Å². The van der Waals surface area contributed by atoms with Gasteiger partial charge in [-0.25, -0.2) is 0 Å². The lowest BCUT2D eigenvalue weighted by atomic mass is 9.96. The van der Waals surface area contributed by atoms with Crippen molar-refractivity contribution in [2.45, 2.75) is 298 Å². The van der Waals surface area contributed by atoms with Crippen molar-refractivity contribution in [3.05, 3.63) is 36.5 Å². The molecule has 17 unspecified atom stereocenters. The first-order valence-corrected chi connectivity index (χ1v) is 29.7. The molecule has 0 aromatic carbocycles. The van der Waals surface area contributed by atoms with Crippen molar-refractivity contribution >= 4 is 5.91 Å². The van der Waals surface area contributed by atoms with Crippen molar-refractivity contribution in [3.63, 3.8) is 0 Å². The Kier molecular flexibility index (Phi) is 37.7. The van der Waals surface area contributed by atoms with Crippen LogP contribution in [0.25, 0.3) is 0 Å². The number of carbonyl (C=O) groups excluding carboxylic acids is 1. The largest absolute Gasteiger partial charge is 0.394 e. The predicted molar refractivity (Wildman–Crippen MR) is 291 cm³/mol. The van der Waals surface area contributed by atoms with E-state index < -0.39 is 124 Å². The van der Waals surface area contributed by atoms with Crippen LogP contribution in [0.2, 0.25) is 0 Å². The molecule has 3 aliphatic heterocycles. The Balaban J connectivity index is 1.44. The molecule has 3 rings (SSSR count). The SMILES string of the molecule is CCCCC/C=C/CC/C=C/C(O)C(COC1OC(CO)C(OC2OC(CO)C(OC3OC(CO)C(O)C(O)C3O)C(O)C2O)C(O)C1O)NC(=O)CCCCCCCCCCCCC/C=C\CCCCCCCCCC. The summed E-state index contributed by atoms with van der Waals surface area (Å²) in [6.45, 7) is 1.63. The summed E-state index contributed by atoms with van der Waals surface area (Å²) in [6, 6.07) is -0.986. The van der Waals surface area contributed by atoms with Crippen LogP contribution in [-0.2, 0) is 33.2 Å². The number of allylic oxidation sites excluding steroid dienone is 5. The van der Waals surface area contributed by atoms with Gasteiger partial charge in [-0.05, 0) is 57.8 Å². The number of rotatable bonds is 43. The van der Waals surface area contributed by atoms with Crippen LogP contribution in [0.3, 0.4) is 0 Å². The molecule has 1 amide bonds. The van der Waals surface area contributed by atoms with Crippen LogP contribution in [-0.4, -0.2) is 193 Å². The second-order valence-corrected chi connectivity index (χ2v) is 21.4. The summed E-state index contributed by atoms with van der Waals surface area (Å²) < 4.78 is 34.1. The zero-order valence-corrected chi connectivity index (χ0v) is 46.7. The van der Waals surface area contributed by atoms with Crippen molar-refractivity contribution in [2.24, 2.45) is 0 Å². The molecule has 3 fully saturated rings. The lowest BCUT2D eigenvalue weighted by Crippen LogP contribution is -2.66. The van der Waals surface area contributed by atoms with E-state index in [0.717, 1.165) is 44.9 Å². The zero-order valence-electron chi connectivity index (χ0n) is 46.7. The summed E-state index contributed by atoms with van der Waals surface area (Å²) in [5.74, 6) is -0.290. The van der Waals surface area contributed by atoms with Crippen molar-refractivity contribution < 1.29 is 89.4 Å². The highest BCUT2D eigenvalue weighted by molar-refractivity contribution is 5.76. The maximum atomic E-state index is 13.3. The fourth-order valence-corrected chi connectivity index (χ4v) is 9.96. The van der Waals surface area contributed by atoms with Gasteiger partial charge in [0, 0.05) is 6.42 Å². The summed E-state index contributed by atoms with van der Waals surface area (Å²) in [7, 11) is 0. The monoisotopic (exact) mass is 1100 g/mol. The fourth-order valence-electron chi connectivity index (χ4n) is 9.96. The maximum absolute atomic E-state index is 13.3. The molecule has 3 heterocycles. The van der Waals surface area contributed by atoms with Gasteiger partial charge in [-0.15, -0.1) is 0 Å².